The topological polar surface area (TPSA) is 30.7 Å². The Hall–Kier alpha value is -1.58. The predicted octanol–water partition coefficient (Wildman–Crippen LogP) is 3.79. The fourth-order valence-corrected chi connectivity index (χ4v) is 2.28. The fraction of sp³-hybridized carbons (Fsp3) is 0.0769. The number of imidazole rings is 1. The molecule has 2 aromatic heterocycles. The van der Waals surface area contributed by atoms with Gasteiger partial charge in [0.2, 0.25) is 0 Å². The Labute approximate surface area is 114 Å². The lowest BCUT2D eigenvalue weighted by Gasteiger charge is -2.06. The van der Waals surface area contributed by atoms with Crippen molar-refractivity contribution in [2.45, 2.75) is 6.54 Å². The van der Waals surface area contributed by atoms with Gasteiger partial charge in [0.25, 0.3) is 0 Å². The number of benzene rings is 1. The first-order valence-electron chi connectivity index (χ1n) is 5.45. The summed E-state index contributed by atoms with van der Waals surface area (Å²) in [6.45, 7) is 0.628. The summed E-state index contributed by atoms with van der Waals surface area (Å²) in [6, 6.07) is 11.6. The Morgan fingerprint density at radius 3 is 2.72 bits per heavy atom. The molecule has 0 N–H and O–H groups in total. The minimum absolute atomic E-state index is 0.402. The Kier molecular flexibility index (Phi) is 2.94. The van der Waals surface area contributed by atoms with Gasteiger partial charge in [-0.2, -0.15) is 0 Å². The zero-order chi connectivity index (χ0) is 12.5. The van der Waals surface area contributed by atoms with Crippen LogP contribution in [0.5, 0.6) is 0 Å². The Bertz CT molecular complexity index is 706. The molecule has 18 heavy (non-hydrogen) atoms. The number of aromatic nitrogens is 3. The van der Waals surface area contributed by atoms with E-state index in [1.165, 1.54) is 0 Å². The predicted molar refractivity (Wildman–Crippen MR) is 73.1 cm³/mol. The highest BCUT2D eigenvalue weighted by Crippen LogP contribution is 2.20. The molecule has 0 fully saturated rings. The summed E-state index contributed by atoms with van der Waals surface area (Å²) in [6.07, 6.45) is 1.80. The first-order valence-corrected chi connectivity index (χ1v) is 6.20. The van der Waals surface area contributed by atoms with E-state index < -0.39 is 0 Å². The van der Waals surface area contributed by atoms with E-state index in [2.05, 4.69) is 9.97 Å². The van der Waals surface area contributed by atoms with Crippen molar-refractivity contribution in [2.75, 3.05) is 0 Å². The zero-order valence-corrected chi connectivity index (χ0v) is 10.9. The van der Waals surface area contributed by atoms with Crippen LogP contribution >= 0.6 is 23.2 Å². The third-order valence-electron chi connectivity index (χ3n) is 2.76. The smallest absolute Gasteiger partial charge is 0.135 e. The standard InChI is InChI=1S/C13H9Cl2N3/c14-12-6-5-9(13(15)17-12)7-18-8-16-10-3-1-2-4-11(10)18/h1-6,8H,7H2. The molecule has 0 atom stereocenters. The number of rotatable bonds is 2. The maximum atomic E-state index is 6.07. The summed E-state index contributed by atoms with van der Waals surface area (Å²) in [4.78, 5) is 8.37. The van der Waals surface area contributed by atoms with Crippen molar-refractivity contribution in [1.29, 1.82) is 0 Å². The van der Waals surface area contributed by atoms with Crippen LogP contribution in [0.25, 0.3) is 11.0 Å². The van der Waals surface area contributed by atoms with Crippen LogP contribution in [0.4, 0.5) is 0 Å². The molecule has 0 aliphatic carbocycles. The number of halogens is 2. The average Bonchev–Trinajstić information content (AvgIpc) is 2.76. The van der Waals surface area contributed by atoms with E-state index in [1.54, 1.807) is 12.4 Å². The van der Waals surface area contributed by atoms with Crippen LogP contribution in [0.2, 0.25) is 10.3 Å². The number of hydrogen-bond acceptors (Lipinski definition) is 2. The van der Waals surface area contributed by atoms with Gasteiger partial charge in [0.05, 0.1) is 23.9 Å². The van der Waals surface area contributed by atoms with Gasteiger partial charge >= 0.3 is 0 Å². The van der Waals surface area contributed by atoms with Crippen molar-refractivity contribution in [3.8, 4) is 0 Å². The quantitative estimate of drug-likeness (QED) is 0.668. The molecule has 0 unspecified atom stereocenters. The minimum Gasteiger partial charge on any atom is -0.326 e. The molecule has 0 radical (unpaired) electrons. The number of para-hydroxylation sites is 2. The second-order valence-electron chi connectivity index (χ2n) is 3.95. The molecule has 0 saturated carbocycles. The molecule has 0 aliphatic heterocycles. The van der Waals surface area contributed by atoms with Gasteiger partial charge in [0, 0.05) is 5.56 Å². The molecular formula is C13H9Cl2N3. The van der Waals surface area contributed by atoms with Crippen molar-refractivity contribution in [1.82, 2.24) is 14.5 Å². The van der Waals surface area contributed by atoms with Gasteiger partial charge in [-0.3, -0.25) is 0 Å². The average molecular weight is 278 g/mol. The summed E-state index contributed by atoms with van der Waals surface area (Å²) in [7, 11) is 0. The third kappa shape index (κ3) is 2.07. The highest BCUT2D eigenvalue weighted by molar-refractivity contribution is 6.32. The maximum Gasteiger partial charge on any atom is 0.135 e. The van der Waals surface area contributed by atoms with Crippen LogP contribution in [0.3, 0.4) is 0 Å². The Morgan fingerprint density at radius 2 is 1.89 bits per heavy atom. The molecule has 0 saturated heterocycles. The highest BCUT2D eigenvalue weighted by atomic mass is 35.5. The van der Waals surface area contributed by atoms with Crippen LogP contribution < -0.4 is 0 Å². The molecule has 3 aromatic rings. The van der Waals surface area contributed by atoms with E-state index in [-0.39, 0.29) is 0 Å². The second kappa shape index (κ2) is 4.59. The van der Waals surface area contributed by atoms with Crippen molar-refractivity contribution in [3.05, 3.63) is 58.6 Å². The summed E-state index contributed by atoms with van der Waals surface area (Å²) in [5, 5.41) is 0.833. The lowest BCUT2D eigenvalue weighted by atomic mass is 10.2. The van der Waals surface area contributed by atoms with Gasteiger partial charge in [-0.05, 0) is 18.2 Å². The molecule has 2 heterocycles. The van der Waals surface area contributed by atoms with Crippen LogP contribution in [-0.4, -0.2) is 14.5 Å². The van der Waals surface area contributed by atoms with Crippen molar-refractivity contribution in [3.63, 3.8) is 0 Å². The van der Waals surface area contributed by atoms with Crippen LogP contribution in [-0.2, 0) is 6.54 Å². The van der Waals surface area contributed by atoms with E-state index in [1.807, 2.05) is 34.9 Å². The van der Waals surface area contributed by atoms with Gasteiger partial charge in [-0.25, -0.2) is 9.97 Å². The molecule has 1 aromatic carbocycles. The zero-order valence-electron chi connectivity index (χ0n) is 9.35. The number of fused-ring (bicyclic) bond motifs is 1. The molecule has 3 rings (SSSR count). The van der Waals surface area contributed by atoms with Gasteiger partial charge < -0.3 is 4.57 Å². The fourth-order valence-electron chi connectivity index (χ4n) is 1.88. The molecule has 0 spiro atoms. The van der Waals surface area contributed by atoms with Crippen molar-refractivity contribution in [2.24, 2.45) is 0 Å². The normalized spacial score (nSPS) is 11.0. The first kappa shape index (κ1) is 11.5. The van der Waals surface area contributed by atoms with E-state index in [0.29, 0.717) is 16.9 Å². The summed E-state index contributed by atoms with van der Waals surface area (Å²) in [5.74, 6) is 0. The molecular weight excluding hydrogens is 269 g/mol. The summed E-state index contributed by atoms with van der Waals surface area (Å²) >= 11 is 11.8. The van der Waals surface area contributed by atoms with E-state index in [4.69, 9.17) is 23.2 Å². The van der Waals surface area contributed by atoms with Gasteiger partial charge in [-0.15, -0.1) is 0 Å². The number of pyridine rings is 1. The first-order chi connectivity index (χ1) is 8.74. The molecule has 90 valence electrons. The maximum absolute atomic E-state index is 6.07. The lowest BCUT2D eigenvalue weighted by molar-refractivity contribution is 0.820. The molecule has 5 heteroatoms. The van der Waals surface area contributed by atoms with Crippen LogP contribution in [0.1, 0.15) is 5.56 Å². The van der Waals surface area contributed by atoms with Crippen molar-refractivity contribution < 1.29 is 0 Å². The number of hydrogen-bond donors (Lipinski definition) is 0. The lowest BCUT2D eigenvalue weighted by Crippen LogP contribution is -1.99. The SMILES string of the molecule is Clc1ccc(Cn2cnc3ccccc32)c(Cl)n1. The minimum atomic E-state index is 0.402. The molecule has 0 amide bonds. The van der Waals surface area contributed by atoms with Crippen LogP contribution in [0, 0.1) is 0 Å². The Morgan fingerprint density at radius 1 is 1.06 bits per heavy atom. The van der Waals surface area contributed by atoms with E-state index in [0.717, 1.165) is 16.6 Å². The molecule has 0 bridgehead atoms. The van der Waals surface area contributed by atoms with Gasteiger partial charge in [-0.1, -0.05) is 41.4 Å². The summed E-state index contributed by atoms with van der Waals surface area (Å²) in [5.41, 5.74) is 2.96. The monoisotopic (exact) mass is 277 g/mol. The van der Waals surface area contributed by atoms with E-state index >= 15 is 0 Å². The van der Waals surface area contributed by atoms with Gasteiger partial charge in [0.15, 0.2) is 0 Å². The summed E-state index contributed by atoms with van der Waals surface area (Å²) < 4.78 is 2.03. The largest absolute Gasteiger partial charge is 0.326 e. The Balaban J connectivity index is 2.01. The molecule has 3 nitrogen and oxygen atoms in total. The van der Waals surface area contributed by atoms with E-state index in [9.17, 15) is 0 Å². The second-order valence-corrected chi connectivity index (χ2v) is 4.69. The van der Waals surface area contributed by atoms with Gasteiger partial charge in [0.1, 0.15) is 10.3 Å². The number of nitrogens with zero attached hydrogens (tertiary/aromatic N) is 3. The third-order valence-corrected chi connectivity index (χ3v) is 3.30. The van der Waals surface area contributed by atoms with Crippen LogP contribution in [0.15, 0.2) is 42.7 Å². The highest BCUT2D eigenvalue weighted by Gasteiger charge is 2.06. The molecule has 0 aliphatic rings. The van der Waals surface area contributed by atoms with Crippen molar-refractivity contribution >= 4 is 34.2 Å².